The Morgan fingerprint density at radius 3 is 2.55 bits per heavy atom. The van der Waals surface area contributed by atoms with Gasteiger partial charge in [0.1, 0.15) is 5.75 Å². The second-order valence-corrected chi connectivity index (χ2v) is 12.8. The molecule has 47 heavy (non-hydrogen) atoms. The molecule has 0 unspecified atom stereocenters. The number of benzene rings is 3. The normalized spacial score (nSPS) is 15.2. The number of aryl methyl sites for hydroxylation is 2. The van der Waals surface area contributed by atoms with E-state index >= 15 is 0 Å². The number of phenolic OH excluding ortho intramolecular Hbond substituents is 1. The summed E-state index contributed by atoms with van der Waals surface area (Å²) in [6.45, 7) is 1.35. The van der Waals surface area contributed by atoms with Crippen molar-refractivity contribution in [1.82, 2.24) is 14.9 Å². The van der Waals surface area contributed by atoms with Gasteiger partial charge in [-0.3, -0.25) is 14.4 Å². The largest absolute Gasteiger partial charge is 0.506 e. The molecule has 3 aromatic carbocycles. The number of H-pyrrole nitrogens is 1. The molecule has 1 aliphatic rings. The summed E-state index contributed by atoms with van der Waals surface area (Å²) in [6, 6.07) is 23.6. The van der Waals surface area contributed by atoms with Crippen LogP contribution in [0.4, 0.5) is 0 Å². The van der Waals surface area contributed by atoms with Gasteiger partial charge >= 0.3 is 5.97 Å². The van der Waals surface area contributed by atoms with Crippen LogP contribution in [0.3, 0.4) is 0 Å². The van der Waals surface area contributed by atoms with Gasteiger partial charge in [0.05, 0.1) is 22.6 Å². The molecule has 5 aromatic rings. The smallest absolute Gasteiger partial charge is 0.314 e. The Balaban J connectivity index is 1.06. The third-order valence-electron chi connectivity index (χ3n) is 9.68. The fourth-order valence-corrected chi connectivity index (χ4v) is 7.11. The minimum Gasteiger partial charge on any atom is -0.506 e. The molecular formula is C38H41N3O6. The number of pyridine rings is 2. The number of fused-ring (bicyclic) bond motifs is 2. The van der Waals surface area contributed by atoms with Crippen LogP contribution < -0.4 is 16.4 Å². The number of carbonyl (C=O) groups is 1. The number of aromatic nitrogens is 2. The molecule has 0 spiro atoms. The molecule has 0 aliphatic heterocycles. The molecule has 1 saturated carbocycles. The van der Waals surface area contributed by atoms with Gasteiger partial charge in [-0.1, -0.05) is 55.7 Å². The quantitative estimate of drug-likeness (QED) is 0.111. The van der Waals surface area contributed by atoms with E-state index in [4.69, 9.17) is 0 Å². The predicted octanol–water partition coefficient (Wildman–Crippen LogP) is 5.68. The van der Waals surface area contributed by atoms with Gasteiger partial charge in [0.25, 0.3) is 5.56 Å². The maximum absolute atomic E-state index is 12.8. The van der Waals surface area contributed by atoms with E-state index in [1.807, 2.05) is 41.0 Å². The topological polar surface area (TPSA) is 145 Å². The van der Waals surface area contributed by atoms with Gasteiger partial charge in [0.15, 0.2) is 0 Å². The van der Waals surface area contributed by atoms with Crippen LogP contribution in [0.1, 0.15) is 73.3 Å². The Hall–Kier alpha value is -4.73. The number of carboxylic acids is 1. The number of rotatable bonds is 12. The van der Waals surface area contributed by atoms with Crippen molar-refractivity contribution in [2.24, 2.45) is 0 Å². The summed E-state index contributed by atoms with van der Waals surface area (Å²) in [4.78, 5) is 39.5. The van der Waals surface area contributed by atoms with E-state index in [1.165, 1.54) is 12.1 Å². The second-order valence-electron chi connectivity index (χ2n) is 12.8. The highest BCUT2D eigenvalue weighted by atomic mass is 16.4. The van der Waals surface area contributed by atoms with Gasteiger partial charge in [0, 0.05) is 37.2 Å². The Kier molecular flexibility index (Phi) is 9.56. The summed E-state index contributed by atoms with van der Waals surface area (Å²) in [6.07, 6.45) is 6.02. The van der Waals surface area contributed by atoms with Gasteiger partial charge in [0.2, 0.25) is 5.56 Å². The van der Waals surface area contributed by atoms with Crippen LogP contribution in [0.25, 0.3) is 21.8 Å². The molecule has 6 rings (SSSR count). The van der Waals surface area contributed by atoms with E-state index < -0.39 is 17.5 Å². The molecule has 9 heteroatoms. The first kappa shape index (κ1) is 32.2. The molecule has 1 fully saturated rings. The Labute approximate surface area is 272 Å². The Bertz CT molecular complexity index is 2020. The Morgan fingerprint density at radius 1 is 0.915 bits per heavy atom. The SMILES string of the molecule is O=C(O)C1(c2cccc(CCCCn3c(=O)ccc4cc(CNC[C@H](O)c5ccc(O)c6[nH]c(=O)ccc56)ccc43)c2)CCCCC1. The summed E-state index contributed by atoms with van der Waals surface area (Å²) in [5.41, 5.74) is 3.68. The molecule has 2 heterocycles. The summed E-state index contributed by atoms with van der Waals surface area (Å²) in [5, 5.41) is 35.9. The molecule has 1 atom stereocenters. The van der Waals surface area contributed by atoms with Crippen LogP contribution >= 0.6 is 0 Å². The number of aliphatic hydroxyl groups is 1. The zero-order valence-electron chi connectivity index (χ0n) is 26.4. The lowest BCUT2D eigenvalue weighted by Gasteiger charge is -2.34. The lowest BCUT2D eigenvalue weighted by atomic mass is 9.69. The standard InChI is InChI=1S/C38H41N3O6/c42-32-15-12-29(30-13-16-34(44)40-36(30)32)33(43)24-39-23-26-10-14-31-27(21-26)11-17-35(45)41(31)20-5-2-7-25-8-6-9-28(22-25)38(37(46)47)18-3-1-4-19-38/h6,8-17,21-22,33,39,42-43H,1-5,7,18-20,23-24H2,(H,40,44)(H,46,47)/t33-/m0/s1. The maximum Gasteiger partial charge on any atom is 0.314 e. The first-order valence-electron chi connectivity index (χ1n) is 16.4. The van der Waals surface area contributed by atoms with E-state index in [0.29, 0.717) is 42.4 Å². The number of aliphatic carboxylic acids is 1. The molecule has 0 saturated heterocycles. The zero-order chi connectivity index (χ0) is 33.0. The third-order valence-corrected chi connectivity index (χ3v) is 9.68. The van der Waals surface area contributed by atoms with Crippen molar-refractivity contribution in [3.63, 3.8) is 0 Å². The highest BCUT2D eigenvalue weighted by molar-refractivity contribution is 5.87. The molecule has 244 valence electrons. The lowest BCUT2D eigenvalue weighted by molar-refractivity contribution is -0.145. The first-order valence-corrected chi connectivity index (χ1v) is 16.4. The molecular weight excluding hydrogens is 594 g/mol. The van der Waals surface area contributed by atoms with E-state index in [1.54, 1.807) is 18.2 Å². The van der Waals surface area contributed by atoms with Crippen molar-refractivity contribution in [3.05, 3.63) is 122 Å². The molecule has 0 radical (unpaired) electrons. The van der Waals surface area contributed by atoms with Crippen molar-refractivity contribution in [2.45, 2.75) is 76.0 Å². The van der Waals surface area contributed by atoms with E-state index in [9.17, 15) is 29.7 Å². The zero-order valence-corrected chi connectivity index (χ0v) is 26.4. The average Bonchev–Trinajstić information content (AvgIpc) is 3.08. The van der Waals surface area contributed by atoms with Gasteiger partial charge in [-0.25, -0.2) is 0 Å². The summed E-state index contributed by atoms with van der Waals surface area (Å²) in [5.74, 6) is -0.769. The first-order chi connectivity index (χ1) is 22.7. The van der Waals surface area contributed by atoms with Gasteiger partial charge in [-0.2, -0.15) is 0 Å². The van der Waals surface area contributed by atoms with Crippen LogP contribution in [0, 0.1) is 0 Å². The minimum absolute atomic E-state index is 0.0448. The molecule has 5 N–H and O–H groups in total. The van der Waals surface area contributed by atoms with Crippen LogP contribution in [-0.2, 0) is 29.7 Å². The van der Waals surface area contributed by atoms with Crippen molar-refractivity contribution in [1.29, 1.82) is 0 Å². The fraction of sp³-hybridized carbons (Fsp3) is 0.342. The number of hydrogen-bond acceptors (Lipinski definition) is 6. The molecule has 9 nitrogen and oxygen atoms in total. The maximum atomic E-state index is 12.8. The van der Waals surface area contributed by atoms with E-state index in [2.05, 4.69) is 22.4 Å². The van der Waals surface area contributed by atoms with Crippen molar-refractivity contribution in [2.75, 3.05) is 6.54 Å². The number of aromatic hydroxyl groups is 1. The molecule has 0 amide bonds. The van der Waals surface area contributed by atoms with Gasteiger partial charge in [-0.05, 0) is 90.1 Å². The van der Waals surface area contributed by atoms with Crippen molar-refractivity contribution >= 4 is 27.8 Å². The van der Waals surface area contributed by atoms with Crippen LogP contribution in [0.2, 0.25) is 0 Å². The number of nitrogens with zero attached hydrogens (tertiary/aromatic N) is 1. The monoisotopic (exact) mass is 635 g/mol. The van der Waals surface area contributed by atoms with Gasteiger partial charge in [-0.15, -0.1) is 0 Å². The molecule has 0 bridgehead atoms. The summed E-state index contributed by atoms with van der Waals surface area (Å²) in [7, 11) is 0. The summed E-state index contributed by atoms with van der Waals surface area (Å²) < 4.78 is 1.81. The number of hydrogen-bond donors (Lipinski definition) is 5. The predicted molar refractivity (Wildman–Crippen MR) is 183 cm³/mol. The number of carboxylic acid groups (broad SMARTS) is 1. The van der Waals surface area contributed by atoms with Crippen molar-refractivity contribution in [3.8, 4) is 5.75 Å². The minimum atomic E-state index is -0.859. The van der Waals surface area contributed by atoms with Crippen LogP contribution in [0.5, 0.6) is 5.75 Å². The third kappa shape index (κ3) is 6.87. The van der Waals surface area contributed by atoms with Crippen LogP contribution in [-0.4, -0.2) is 37.4 Å². The van der Waals surface area contributed by atoms with Crippen molar-refractivity contribution < 1.29 is 20.1 Å². The summed E-state index contributed by atoms with van der Waals surface area (Å²) >= 11 is 0. The van der Waals surface area contributed by atoms with Crippen LogP contribution in [0.15, 0.2) is 88.5 Å². The molecule has 2 aromatic heterocycles. The average molecular weight is 636 g/mol. The Morgan fingerprint density at radius 2 is 1.74 bits per heavy atom. The number of aliphatic hydroxyl groups excluding tert-OH is 1. The number of phenols is 1. The van der Waals surface area contributed by atoms with Gasteiger partial charge < -0.3 is 30.2 Å². The number of aromatic amines is 1. The van der Waals surface area contributed by atoms with E-state index in [0.717, 1.165) is 66.1 Å². The number of nitrogens with one attached hydrogen (secondary N) is 2. The number of unbranched alkanes of at least 4 members (excludes halogenated alkanes) is 1. The highest BCUT2D eigenvalue weighted by Crippen LogP contribution is 2.40. The fourth-order valence-electron chi connectivity index (χ4n) is 7.11. The second kappa shape index (κ2) is 13.9. The highest BCUT2D eigenvalue weighted by Gasteiger charge is 2.41. The molecule has 1 aliphatic carbocycles. The lowest BCUT2D eigenvalue weighted by Crippen LogP contribution is -2.37. The van der Waals surface area contributed by atoms with E-state index in [-0.39, 0.29) is 23.4 Å².